The number of hydrogen-bond acceptors (Lipinski definition) is 5. The van der Waals surface area contributed by atoms with Gasteiger partial charge in [-0.05, 0) is 97.1 Å². The van der Waals surface area contributed by atoms with Gasteiger partial charge < -0.3 is 0 Å². The molecule has 4 heterocycles. The van der Waals surface area contributed by atoms with E-state index in [9.17, 15) is 0 Å². The molecule has 69 heavy (non-hydrogen) atoms. The van der Waals surface area contributed by atoms with Crippen molar-refractivity contribution < 1.29 is 0 Å². The Hall–Kier alpha value is -9.13. The van der Waals surface area contributed by atoms with Crippen molar-refractivity contribution in [3.63, 3.8) is 0 Å². The van der Waals surface area contributed by atoms with Crippen LogP contribution in [0.5, 0.6) is 0 Å². The first kappa shape index (κ1) is 39.1. The lowest BCUT2D eigenvalue weighted by Gasteiger charge is -2.35. The molecule has 0 spiro atoms. The lowest BCUT2D eigenvalue weighted by Crippen LogP contribution is -2.29. The maximum absolute atomic E-state index is 5.63. The van der Waals surface area contributed by atoms with Crippen LogP contribution in [0.2, 0.25) is 0 Å². The maximum Gasteiger partial charge on any atom is 0.241 e. The van der Waals surface area contributed by atoms with E-state index in [1.165, 1.54) is 44.5 Å². The zero-order valence-electron chi connectivity index (χ0n) is 37.3. The van der Waals surface area contributed by atoms with Crippen LogP contribution < -0.4 is 0 Å². The zero-order valence-corrected chi connectivity index (χ0v) is 37.3. The quantitative estimate of drug-likeness (QED) is 0.159. The van der Waals surface area contributed by atoms with Crippen LogP contribution >= 0.6 is 0 Å². The Kier molecular flexibility index (Phi) is 8.61. The van der Waals surface area contributed by atoms with Gasteiger partial charge in [0.2, 0.25) is 5.95 Å². The van der Waals surface area contributed by atoms with E-state index in [4.69, 9.17) is 24.9 Å². The van der Waals surface area contributed by atoms with Gasteiger partial charge in [0.15, 0.2) is 11.6 Å². The van der Waals surface area contributed by atoms with E-state index in [1.54, 1.807) is 0 Å². The molecule has 0 saturated heterocycles. The average molecular weight is 881 g/mol. The second kappa shape index (κ2) is 15.2. The fourth-order valence-electron chi connectivity index (χ4n) is 11.8. The fourth-order valence-corrected chi connectivity index (χ4v) is 11.8. The van der Waals surface area contributed by atoms with Crippen LogP contribution in [0.1, 0.15) is 44.5 Å². The summed E-state index contributed by atoms with van der Waals surface area (Å²) in [6.45, 7) is 0. The van der Waals surface area contributed by atoms with Gasteiger partial charge in [0.05, 0.1) is 10.8 Å². The van der Waals surface area contributed by atoms with Crippen molar-refractivity contribution in [2.75, 3.05) is 0 Å². The van der Waals surface area contributed by atoms with Crippen molar-refractivity contribution in [1.82, 2.24) is 29.5 Å². The number of hydrogen-bond donors (Lipinski definition) is 0. The lowest BCUT2D eigenvalue weighted by atomic mass is 9.66. The van der Waals surface area contributed by atoms with Crippen LogP contribution in [0.15, 0.2) is 243 Å². The Labute approximate surface area is 399 Å². The minimum Gasteiger partial charge on any atom is -0.245 e. The predicted molar refractivity (Wildman–Crippen MR) is 275 cm³/mol. The number of pyridine rings is 2. The smallest absolute Gasteiger partial charge is 0.241 e. The monoisotopic (exact) mass is 880 g/mol. The fraction of sp³-hybridized carbons (Fsp3) is 0.0317. The van der Waals surface area contributed by atoms with Gasteiger partial charge in [0.25, 0.3) is 0 Å². The van der Waals surface area contributed by atoms with Crippen molar-refractivity contribution >= 4 is 22.1 Å². The number of fused-ring (bicyclic) bond motifs is 9. The molecule has 14 rings (SSSR count). The van der Waals surface area contributed by atoms with Gasteiger partial charge in [-0.15, -0.1) is 0 Å². The number of aromatic nitrogens is 6. The van der Waals surface area contributed by atoms with Crippen LogP contribution in [-0.2, 0) is 10.8 Å². The van der Waals surface area contributed by atoms with Gasteiger partial charge >= 0.3 is 0 Å². The third-order valence-corrected chi connectivity index (χ3v) is 14.5. The average Bonchev–Trinajstić information content (AvgIpc) is 4.05. The molecule has 0 aliphatic heterocycles. The number of nitrogens with zero attached hydrogens (tertiary/aromatic N) is 6. The summed E-state index contributed by atoms with van der Waals surface area (Å²) in [6, 6.07) is 82.7. The first-order valence-electron chi connectivity index (χ1n) is 23.4. The van der Waals surface area contributed by atoms with E-state index in [-0.39, 0.29) is 0 Å². The van der Waals surface area contributed by atoms with E-state index in [2.05, 4.69) is 218 Å². The van der Waals surface area contributed by atoms with Crippen molar-refractivity contribution in [3.05, 3.63) is 287 Å². The molecule has 0 bridgehead atoms. The van der Waals surface area contributed by atoms with Crippen molar-refractivity contribution in [2.45, 2.75) is 10.8 Å². The third-order valence-electron chi connectivity index (χ3n) is 14.5. The highest BCUT2D eigenvalue weighted by molar-refractivity contribution is 6.06. The Balaban J connectivity index is 1.09. The molecule has 6 heteroatoms. The summed E-state index contributed by atoms with van der Waals surface area (Å²) in [7, 11) is 0. The summed E-state index contributed by atoms with van der Waals surface area (Å²) in [5, 5.41) is 1.94. The number of benzene rings is 8. The molecule has 322 valence electrons. The standard InChI is InChI=1S/C63H40N6/c1-5-20-42(21-6-1)62(43-22-7-2-8-23-43)53-34-15-13-28-46(53)48-37-36-41(40-55(48)62)57-66-58(68-61(67-57)69-59-50(32-18-38-64-59)51-33-19-39-65-60(51)69)52-31-17-30-49-47-29-14-16-35-54(47)63(56(49)52,44-24-9-3-10-25-44)45-26-11-4-12-27-45/h1-40H. The highest BCUT2D eigenvalue weighted by atomic mass is 15.2. The highest BCUT2D eigenvalue weighted by Gasteiger charge is 2.49. The molecule has 8 aromatic carbocycles. The van der Waals surface area contributed by atoms with Crippen molar-refractivity contribution in [1.29, 1.82) is 0 Å². The van der Waals surface area contributed by atoms with Crippen LogP contribution in [0.3, 0.4) is 0 Å². The number of rotatable bonds is 7. The third kappa shape index (κ3) is 5.51. The van der Waals surface area contributed by atoms with E-state index in [0.717, 1.165) is 55.4 Å². The Bertz CT molecular complexity index is 3830. The van der Waals surface area contributed by atoms with Gasteiger partial charge in [-0.25, -0.2) is 19.5 Å². The van der Waals surface area contributed by atoms with E-state index < -0.39 is 10.8 Å². The molecule has 0 amide bonds. The first-order chi connectivity index (χ1) is 34.2. The van der Waals surface area contributed by atoms with Crippen molar-refractivity contribution in [2.24, 2.45) is 0 Å². The molecule has 0 N–H and O–H groups in total. The molecule has 0 radical (unpaired) electrons. The SMILES string of the molecule is c1ccc(C2(c3ccccc3)c3ccccc3-c3ccc(-c4nc(-c5cccc6c5C(c5ccccc5)(c5ccccc5)c5ccccc5-6)nc(-n5c6ncccc6c6cccnc65)n4)cc32)cc1. The molecule has 2 aliphatic rings. The van der Waals surface area contributed by atoms with Crippen LogP contribution in [0.4, 0.5) is 0 Å². The summed E-state index contributed by atoms with van der Waals surface area (Å²) in [5.74, 6) is 1.54. The molecule has 0 unspecified atom stereocenters. The Morgan fingerprint density at radius 2 is 0.768 bits per heavy atom. The van der Waals surface area contributed by atoms with Crippen LogP contribution in [0.25, 0.3) is 73.0 Å². The van der Waals surface area contributed by atoms with Crippen molar-refractivity contribution in [3.8, 4) is 51.0 Å². The topological polar surface area (TPSA) is 69.4 Å². The molecule has 2 aliphatic carbocycles. The van der Waals surface area contributed by atoms with Gasteiger partial charge in [-0.3, -0.25) is 0 Å². The predicted octanol–water partition coefficient (Wildman–Crippen LogP) is 13.8. The molecule has 0 saturated carbocycles. The van der Waals surface area contributed by atoms with Gasteiger partial charge in [0.1, 0.15) is 11.3 Å². The van der Waals surface area contributed by atoms with Crippen LogP contribution in [-0.4, -0.2) is 29.5 Å². The molecule has 0 fully saturated rings. The van der Waals surface area contributed by atoms with Gasteiger partial charge in [-0.2, -0.15) is 9.97 Å². The molecular formula is C63H40N6. The Morgan fingerprint density at radius 3 is 1.35 bits per heavy atom. The lowest BCUT2D eigenvalue weighted by molar-refractivity contribution is 0.767. The normalized spacial score (nSPS) is 13.7. The molecule has 12 aromatic rings. The van der Waals surface area contributed by atoms with Gasteiger partial charge in [-0.1, -0.05) is 200 Å². The summed E-state index contributed by atoms with van der Waals surface area (Å²) < 4.78 is 2.00. The molecular weight excluding hydrogens is 841 g/mol. The summed E-state index contributed by atoms with van der Waals surface area (Å²) in [4.78, 5) is 26.6. The highest BCUT2D eigenvalue weighted by Crippen LogP contribution is 2.59. The van der Waals surface area contributed by atoms with E-state index in [0.29, 0.717) is 17.6 Å². The van der Waals surface area contributed by atoms with Crippen LogP contribution in [0, 0.1) is 0 Å². The first-order valence-corrected chi connectivity index (χ1v) is 23.4. The van der Waals surface area contributed by atoms with E-state index >= 15 is 0 Å². The minimum atomic E-state index is -0.696. The second-order valence-corrected chi connectivity index (χ2v) is 17.9. The molecule has 4 aromatic heterocycles. The summed E-state index contributed by atoms with van der Waals surface area (Å²) >= 11 is 0. The zero-order chi connectivity index (χ0) is 45.5. The molecule has 0 atom stereocenters. The maximum atomic E-state index is 5.63. The van der Waals surface area contributed by atoms with E-state index in [1.807, 2.05) is 29.1 Å². The molecule has 6 nitrogen and oxygen atoms in total. The summed E-state index contributed by atoms with van der Waals surface area (Å²) in [6.07, 6.45) is 3.64. The second-order valence-electron chi connectivity index (χ2n) is 17.9. The Morgan fingerprint density at radius 1 is 0.319 bits per heavy atom. The summed E-state index contributed by atoms with van der Waals surface area (Å²) in [5.41, 5.74) is 16.1. The van der Waals surface area contributed by atoms with Gasteiger partial charge in [0, 0.05) is 34.3 Å². The minimum absolute atomic E-state index is 0.437. The largest absolute Gasteiger partial charge is 0.245 e.